The van der Waals surface area contributed by atoms with Gasteiger partial charge in [0.15, 0.2) is 0 Å². The van der Waals surface area contributed by atoms with Crippen LogP contribution in [0.5, 0.6) is 0 Å². The first-order chi connectivity index (χ1) is 6.79. The van der Waals surface area contributed by atoms with Gasteiger partial charge in [0.2, 0.25) is 0 Å². The molecule has 0 fully saturated rings. The van der Waals surface area contributed by atoms with Crippen LogP contribution >= 0.6 is 25.3 Å². The van der Waals surface area contributed by atoms with Gasteiger partial charge >= 0.3 is 0 Å². The Morgan fingerprint density at radius 1 is 0.733 bits per heavy atom. The normalized spacial score (nSPS) is 13.2. The second-order valence-electron chi connectivity index (χ2n) is 3.41. The number of hydrogen-bond donors (Lipinski definition) is 2. The zero-order valence-corrected chi connectivity index (χ0v) is 10.5. The summed E-state index contributed by atoms with van der Waals surface area (Å²) in [5.41, 5.74) is 2.40. The van der Waals surface area contributed by atoms with E-state index in [-0.39, 0.29) is 16.5 Å². The molecule has 0 saturated carbocycles. The second-order valence-corrected chi connectivity index (χ2v) is 4.30. The Morgan fingerprint density at radius 3 is 1.67 bits per heavy atom. The third-order valence-electron chi connectivity index (χ3n) is 2.64. The Bertz CT molecular complexity index is 526. The fourth-order valence-electron chi connectivity index (χ4n) is 1.99. The van der Waals surface area contributed by atoms with Crippen LogP contribution in [0.25, 0.3) is 20.6 Å². The molecule has 1 aliphatic carbocycles. The molecular formula is C12H8NiS2. The molecule has 0 aliphatic heterocycles. The number of thiol groups is 2. The van der Waals surface area contributed by atoms with E-state index < -0.39 is 0 Å². The molecule has 0 aromatic heterocycles. The van der Waals surface area contributed by atoms with Gasteiger partial charge < -0.3 is 0 Å². The quantitative estimate of drug-likeness (QED) is 0.529. The fourth-order valence-corrected chi connectivity index (χ4v) is 2.60. The largest absolute Gasteiger partial charge is 0.142 e. The van der Waals surface area contributed by atoms with Crippen LogP contribution in [0.4, 0.5) is 0 Å². The fraction of sp³-hybridized carbons (Fsp3) is 0. The van der Waals surface area contributed by atoms with Crippen LogP contribution in [0.15, 0.2) is 36.4 Å². The van der Waals surface area contributed by atoms with Gasteiger partial charge in [-0.25, -0.2) is 0 Å². The first-order valence-corrected chi connectivity index (χ1v) is 5.33. The summed E-state index contributed by atoms with van der Waals surface area (Å²) in [4.78, 5) is 1.97. The molecule has 0 bridgehead atoms. The maximum absolute atomic E-state index is 4.49. The molecule has 15 heavy (non-hydrogen) atoms. The maximum atomic E-state index is 4.49. The molecule has 0 unspecified atom stereocenters. The molecular weight excluding hydrogens is 267 g/mol. The molecule has 3 heteroatoms. The van der Waals surface area contributed by atoms with E-state index >= 15 is 0 Å². The number of benzene rings is 2. The van der Waals surface area contributed by atoms with Crippen LogP contribution in [-0.2, 0) is 16.5 Å². The molecule has 3 rings (SSSR count). The van der Waals surface area contributed by atoms with Gasteiger partial charge in [0.1, 0.15) is 0 Å². The second kappa shape index (κ2) is 3.90. The predicted molar refractivity (Wildman–Crippen MR) is 68.7 cm³/mol. The van der Waals surface area contributed by atoms with Crippen molar-refractivity contribution in [3.05, 3.63) is 47.5 Å². The van der Waals surface area contributed by atoms with E-state index in [1.54, 1.807) is 0 Å². The number of hydrogen-bond acceptors (Lipinski definition) is 2. The Balaban J connectivity index is 0.000000853. The van der Waals surface area contributed by atoms with Crippen molar-refractivity contribution in [2.24, 2.45) is 0 Å². The van der Waals surface area contributed by atoms with Gasteiger partial charge in [0.05, 0.1) is 0 Å². The van der Waals surface area contributed by atoms with E-state index in [0.29, 0.717) is 0 Å². The molecule has 0 atom stereocenters. The van der Waals surface area contributed by atoms with Crippen molar-refractivity contribution in [3.8, 4) is 0 Å². The van der Waals surface area contributed by atoms with Crippen molar-refractivity contribution in [1.29, 1.82) is 0 Å². The van der Waals surface area contributed by atoms with Gasteiger partial charge in [-0.05, 0) is 21.9 Å². The van der Waals surface area contributed by atoms with Crippen LogP contribution in [0, 0.1) is 0 Å². The molecule has 0 nitrogen and oxygen atoms in total. The summed E-state index contributed by atoms with van der Waals surface area (Å²) in [5, 5.41) is 2.54. The van der Waals surface area contributed by atoms with E-state index in [4.69, 9.17) is 0 Å². The Kier molecular flexibility index (Phi) is 2.89. The van der Waals surface area contributed by atoms with Crippen molar-refractivity contribution in [3.63, 3.8) is 0 Å². The summed E-state index contributed by atoms with van der Waals surface area (Å²) in [7, 11) is 0. The summed E-state index contributed by atoms with van der Waals surface area (Å²) in [5.74, 6) is 0. The molecule has 0 saturated heterocycles. The van der Waals surface area contributed by atoms with Crippen LogP contribution < -0.4 is 0 Å². The van der Waals surface area contributed by atoms with Crippen LogP contribution in [0.1, 0.15) is 11.1 Å². The Hall–Kier alpha value is -0.366. The van der Waals surface area contributed by atoms with E-state index in [1.165, 1.54) is 21.9 Å². The van der Waals surface area contributed by atoms with Gasteiger partial charge in [0.25, 0.3) is 0 Å². The van der Waals surface area contributed by atoms with Gasteiger partial charge in [-0.2, -0.15) is 0 Å². The zero-order valence-electron chi connectivity index (χ0n) is 7.67. The standard InChI is InChI=1S/C12H8S2.Ni/c13-11-8-5-1-3-7-4-2-6-9(10(7)8)12(11)14;/h1-6,13-14H;. The minimum Gasteiger partial charge on any atom is -0.142 e. The van der Waals surface area contributed by atoms with E-state index in [0.717, 1.165) is 9.81 Å². The minimum atomic E-state index is 0. The minimum absolute atomic E-state index is 0. The molecule has 2 aromatic rings. The Morgan fingerprint density at radius 2 is 1.20 bits per heavy atom. The molecule has 0 heterocycles. The van der Waals surface area contributed by atoms with Crippen LogP contribution in [0.2, 0.25) is 0 Å². The van der Waals surface area contributed by atoms with Crippen LogP contribution in [0.3, 0.4) is 0 Å². The molecule has 78 valence electrons. The number of rotatable bonds is 0. The third-order valence-corrected chi connectivity index (χ3v) is 3.74. The molecule has 1 aliphatic rings. The summed E-state index contributed by atoms with van der Waals surface area (Å²) < 4.78 is 0. The average molecular weight is 275 g/mol. The van der Waals surface area contributed by atoms with Crippen molar-refractivity contribution < 1.29 is 16.5 Å². The molecule has 0 radical (unpaired) electrons. The van der Waals surface area contributed by atoms with Gasteiger partial charge in [-0.15, -0.1) is 25.3 Å². The molecule has 0 spiro atoms. The SMILES string of the molecule is SC1=C(S)c2cccc3cccc1c23.[Ni]. The van der Waals surface area contributed by atoms with Gasteiger partial charge in [-0.1, -0.05) is 36.4 Å². The first-order valence-electron chi connectivity index (χ1n) is 4.44. The van der Waals surface area contributed by atoms with Gasteiger partial charge in [0, 0.05) is 26.3 Å². The molecule has 0 amide bonds. The molecule has 0 N–H and O–H groups in total. The molecule has 2 aromatic carbocycles. The van der Waals surface area contributed by atoms with Gasteiger partial charge in [-0.3, -0.25) is 0 Å². The predicted octanol–water partition coefficient (Wildman–Crippen LogP) is 3.84. The van der Waals surface area contributed by atoms with E-state index in [1.807, 2.05) is 0 Å². The Labute approximate surface area is 110 Å². The topological polar surface area (TPSA) is 0 Å². The maximum Gasteiger partial charge on any atom is 0.0259 e. The average Bonchev–Trinajstić information content (AvgIpc) is 2.47. The summed E-state index contributed by atoms with van der Waals surface area (Å²) in [6, 6.07) is 12.5. The monoisotopic (exact) mass is 274 g/mol. The summed E-state index contributed by atoms with van der Waals surface area (Å²) >= 11 is 8.98. The van der Waals surface area contributed by atoms with Crippen molar-refractivity contribution >= 4 is 45.8 Å². The van der Waals surface area contributed by atoms with E-state index in [9.17, 15) is 0 Å². The smallest absolute Gasteiger partial charge is 0.0259 e. The van der Waals surface area contributed by atoms with Crippen molar-refractivity contribution in [2.45, 2.75) is 0 Å². The zero-order chi connectivity index (χ0) is 9.71. The van der Waals surface area contributed by atoms with Crippen molar-refractivity contribution in [1.82, 2.24) is 0 Å². The summed E-state index contributed by atoms with van der Waals surface area (Å²) in [6.45, 7) is 0. The summed E-state index contributed by atoms with van der Waals surface area (Å²) in [6.07, 6.45) is 0. The third kappa shape index (κ3) is 1.45. The van der Waals surface area contributed by atoms with Crippen molar-refractivity contribution in [2.75, 3.05) is 0 Å². The van der Waals surface area contributed by atoms with Crippen LogP contribution in [-0.4, -0.2) is 0 Å². The van der Waals surface area contributed by atoms with E-state index in [2.05, 4.69) is 61.7 Å². The first kappa shape index (κ1) is 11.1.